The van der Waals surface area contributed by atoms with Crippen LogP contribution in [0.2, 0.25) is 0 Å². The molecule has 0 radical (unpaired) electrons. The Labute approximate surface area is 190 Å². The normalized spacial score (nSPS) is 20.3. The Morgan fingerprint density at radius 3 is 2.73 bits per heavy atom. The zero-order valence-corrected chi connectivity index (χ0v) is 18.3. The number of likely N-dealkylation sites (tertiary alicyclic amines) is 1. The predicted octanol–water partition coefficient (Wildman–Crippen LogP) is 2.44. The highest BCUT2D eigenvalue weighted by Gasteiger charge is 2.31. The number of imide groups is 1. The number of carboxylic acid groups (broad SMARTS) is 1. The van der Waals surface area contributed by atoms with E-state index < -0.39 is 12.1 Å². The first kappa shape index (κ1) is 21.4. The molecule has 1 atom stereocenters. The molecule has 9 heteroatoms. The quantitative estimate of drug-likeness (QED) is 0.515. The van der Waals surface area contributed by atoms with Crippen LogP contribution in [0.25, 0.3) is 21.9 Å². The van der Waals surface area contributed by atoms with Crippen LogP contribution < -0.4 is 10.6 Å². The van der Waals surface area contributed by atoms with Crippen molar-refractivity contribution in [1.82, 2.24) is 25.1 Å². The van der Waals surface area contributed by atoms with Gasteiger partial charge < -0.3 is 19.9 Å². The third-order valence-corrected chi connectivity index (χ3v) is 6.78. The average molecular weight is 450 g/mol. The highest BCUT2D eigenvalue weighted by Crippen LogP contribution is 2.34. The SMILES string of the molecule is O=C(O)NC1CCN(CCc2ccc3c(c2)c2cccnc2n3[C@H]2CCC(=O)NC2=O)CC1. The van der Waals surface area contributed by atoms with Crippen LogP contribution in [-0.2, 0) is 16.0 Å². The fraction of sp³-hybridized carbons (Fsp3) is 0.417. The number of piperidine rings is 2. The van der Waals surface area contributed by atoms with Gasteiger partial charge >= 0.3 is 6.09 Å². The Kier molecular flexibility index (Phi) is 5.72. The third-order valence-electron chi connectivity index (χ3n) is 6.78. The van der Waals surface area contributed by atoms with Crippen molar-refractivity contribution in [3.63, 3.8) is 0 Å². The minimum atomic E-state index is -0.951. The van der Waals surface area contributed by atoms with E-state index in [0.29, 0.717) is 12.8 Å². The maximum atomic E-state index is 12.6. The first-order valence-electron chi connectivity index (χ1n) is 11.4. The van der Waals surface area contributed by atoms with Crippen LogP contribution in [0.3, 0.4) is 0 Å². The van der Waals surface area contributed by atoms with Gasteiger partial charge in [-0.3, -0.25) is 14.9 Å². The Morgan fingerprint density at radius 1 is 1.15 bits per heavy atom. The van der Waals surface area contributed by atoms with Gasteiger partial charge in [0.25, 0.3) is 0 Å². The number of rotatable bonds is 5. The van der Waals surface area contributed by atoms with Gasteiger partial charge in [-0.15, -0.1) is 0 Å². The lowest BCUT2D eigenvalue weighted by Gasteiger charge is -2.31. The summed E-state index contributed by atoms with van der Waals surface area (Å²) in [5, 5.41) is 16.0. The lowest BCUT2D eigenvalue weighted by molar-refractivity contribution is -0.135. The van der Waals surface area contributed by atoms with Gasteiger partial charge in [0.2, 0.25) is 11.8 Å². The lowest BCUT2D eigenvalue weighted by Crippen LogP contribution is -2.44. The molecular weight excluding hydrogens is 422 g/mol. The Morgan fingerprint density at radius 2 is 1.97 bits per heavy atom. The van der Waals surface area contributed by atoms with Crippen LogP contribution in [-0.4, -0.2) is 63.1 Å². The van der Waals surface area contributed by atoms with Gasteiger partial charge in [0.05, 0.1) is 5.52 Å². The predicted molar refractivity (Wildman–Crippen MR) is 123 cm³/mol. The smallest absolute Gasteiger partial charge is 0.404 e. The van der Waals surface area contributed by atoms with Gasteiger partial charge in [-0.25, -0.2) is 9.78 Å². The molecule has 2 aromatic heterocycles. The number of pyridine rings is 1. The molecule has 2 fully saturated rings. The maximum absolute atomic E-state index is 12.6. The summed E-state index contributed by atoms with van der Waals surface area (Å²) < 4.78 is 1.97. The van der Waals surface area contributed by atoms with Crippen LogP contribution in [0.4, 0.5) is 4.79 Å². The van der Waals surface area contributed by atoms with Gasteiger partial charge in [0.15, 0.2) is 0 Å². The van der Waals surface area contributed by atoms with E-state index in [0.717, 1.165) is 60.8 Å². The van der Waals surface area contributed by atoms with E-state index >= 15 is 0 Å². The van der Waals surface area contributed by atoms with E-state index in [1.54, 1.807) is 6.20 Å². The molecule has 0 saturated carbocycles. The van der Waals surface area contributed by atoms with E-state index in [9.17, 15) is 14.4 Å². The molecule has 3 aromatic rings. The van der Waals surface area contributed by atoms with Crippen LogP contribution >= 0.6 is 0 Å². The summed E-state index contributed by atoms with van der Waals surface area (Å²) in [5.41, 5.74) is 2.91. The first-order chi connectivity index (χ1) is 16.0. The molecule has 2 saturated heterocycles. The summed E-state index contributed by atoms with van der Waals surface area (Å²) >= 11 is 0. The molecule has 3 amide bonds. The van der Waals surface area contributed by atoms with Gasteiger partial charge in [-0.1, -0.05) is 6.07 Å². The maximum Gasteiger partial charge on any atom is 0.404 e. The molecule has 4 heterocycles. The topological polar surface area (TPSA) is 117 Å². The van der Waals surface area contributed by atoms with Gasteiger partial charge in [0, 0.05) is 49.1 Å². The number of amides is 3. The summed E-state index contributed by atoms with van der Waals surface area (Å²) in [5.74, 6) is -0.504. The van der Waals surface area contributed by atoms with Crippen molar-refractivity contribution in [2.45, 2.75) is 44.2 Å². The fourth-order valence-corrected chi connectivity index (χ4v) is 5.08. The third kappa shape index (κ3) is 4.28. The lowest BCUT2D eigenvalue weighted by atomic mass is 10.0. The number of fused-ring (bicyclic) bond motifs is 3. The van der Waals surface area contributed by atoms with Crippen LogP contribution in [0.15, 0.2) is 36.5 Å². The van der Waals surface area contributed by atoms with Gasteiger partial charge in [-0.05, 0) is 55.5 Å². The van der Waals surface area contributed by atoms with E-state index in [1.165, 1.54) is 5.56 Å². The van der Waals surface area contributed by atoms with Crippen molar-refractivity contribution in [2.24, 2.45) is 0 Å². The fourth-order valence-electron chi connectivity index (χ4n) is 5.08. The molecule has 0 unspecified atom stereocenters. The van der Waals surface area contributed by atoms with E-state index in [2.05, 4.69) is 38.7 Å². The highest BCUT2D eigenvalue weighted by molar-refractivity contribution is 6.09. The molecule has 2 aliphatic heterocycles. The van der Waals surface area contributed by atoms with Crippen LogP contribution in [0.1, 0.15) is 37.3 Å². The zero-order chi connectivity index (χ0) is 22.9. The van der Waals surface area contributed by atoms with Crippen molar-refractivity contribution in [3.05, 3.63) is 42.1 Å². The van der Waals surface area contributed by atoms with Crippen LogP contribution in [0.5, 0.6) is 0 Å². The average Bonchev–Trinajstić information content (AvgIpc) is 3.12. The van der Waals surface area contributed by atoms with Gasteiger partial charge in [-0.2, -0.15) is 0 Å². The Hall–Kier alpha value is -3.46. The molecule has 0 aliphatic carbocycles. The molecule has 1 aromatic carbocycles. The first-order valence-corrected chi connectivity index (χ1v) is 11.4. The zero-order valence-electron chi connectivity index (χ0n) is 18.3. The van der Waals surface area contributed by atoms with Crippen molar-refractivity contribution in [2.75, 3.05) is 19.6 Å². The monoisotopic (exact) mass is 449 g/mol. The summed E-state index contributed by atoms with van der Waals surface area (Å²) in [6, 6.07) is 9.85. The van der Waals surface area contributed by atoms with Crippen molar-refractivity contribution >= 4 is 39.8 Å². The van der Waals surface area contributed by atoms with E-state index in [4.69, 9.17) is 5.11 Å². The molecule has 5 rings (SSSR count). The number of hydrogen-bond acceptors (Lipinski definition) is 5. The van der Waals surface area contributed by atoms with Gasteiger partial charge in [0.1, 0.15) is 11.7 Å². The number of nitrogens with one attached hydrogen (secondary N) is 2. The minimum absolute atomic E-state index is 0.0426. The number of benzene rings is 1. The molecule has 172 valence electrons. The second-order valence-electron chi connectivity index (χ2n) is 8.88. The summed E-state index contributed by atoms with van der Waals surface area (Å²) in [6.07, 6.45) is 4.11. The molecular formula is C24H27N5O4. The number of carbonyl (C=O) groups excluding carboxylic acids is 2. The van der Waals surface area contributed by atoms with Crippen molar-refractivity contribution in [3.8, 4) is 0 Å². The molecule has 0 spiro atoms. The molecule has 2 aliphatic rings. The van der Waals surface area contributed by atoms with E-state index in [-0.39, 0.29) is 17.9 Å². The van der Waals surface area contributed by atoms with E-state index in [1.807, 2.05) is 16.7 Å². The summed E-state index contributed by atoms with van der Waals surface area (Å²) in [7, 11) is 0. The summed E-state index contributed by atoms with van der Waals surface area (Å²) in [6.45, 7) is 2.67. The summed E-state index contributed by atoms with van der Waals surface area (Å²) in [4.78, 5) is 42.0. The molecule has 9 nitrogen and oxygen atoms in total. The molecule has 3 N–H and O–H groups in total. The largest absolute Gasteiger partial charge is 0.465 e. The Balaban J connectivity index is 1.37. The van der Waals surface area contributed by atoms with Crippen molar-refractivity contribution in [1.29, 1.82) is 0 Å². The van der Waals surface area contributed by atoms with Crippen molar-refractivity contribution < 1.29 is 19.5 Å². The second kappa shape index (κ2) is 8.82. The number of aromatic nitrogens is 2. The number of hydrogen-bond donors (Lipinski definition) is 3. The number of nitrogens with zero attached hydrogens (tertiary/aromatic N) is 3. The highest BCUT2D eigenvalue weighted by atomic mass is 16.4. The standard InChI is InChI=1S/C24H27N5O4/c30-21-6-5-20(23(31)27-21)29-19-4-3-15(14-18(19)17-2-1-10-25-22(17)29)7-11-28-12-8-16(9-13-28)26-24(32)33/h1-4,10,14,16,20,26H,5-9,11-13H2,(H,32,33)(H,27,30,31)/t20-/m0/s1. The minimum Gasteiger partial charge on any atom is -0.465 e. The second-order valence-corrected chi connectivity index (χ2v) is 8.88. The Bertz CT molecular complexity index is 1230. The van der Waals surface area contributed by atoms with Crippen LogP contribution in [0, 0.1) is 0 Å². The molecule has 0 bridgehead atoms. The molecule has 33 heavy (non-hydrogen) atoms. The number of carbonyl (C=O) groups is 3.